The van der Waals surface area contributed by atoms with Crippen LogP contribution < -0.4 is 20.3 Å². The van der Waals surface area contributed by atoms with Crippen LogP contribution >= 0.6 is 0 Å². The molecule has 1 aliphatic rings. The molecule has 5 rings (SSSR count). The van der Waals surface area contributed by atoms with Gasteiger partial charge in [0.05, 0.1) is 38.2 Å². The van der Waals surface area contributed by atoms with Gasteiger partial charge in [0, 0.05) is 22.5 Å². The minimum absolute atomic E-state index is 0.114. The fourth-order valence-electron chi connectivity index (χ4n) is 4.64. The van der Waals surface area contributed by atoms with Crippen LogP contribution in [0.5, 0.6) is 11.5 Å². The second kappa shape index (κ2) is 10.3. The van der Waals surface area contributed by atoms with E-state index in [-0.39, 0.29) is 28.2 Å². The Kier molecular flexibility index (Phi) is 6.75. The molecule has 0 unspecified atom stereocenters. The van der Waals surface area contributed by atoms with Gasteiger partial charge in [0.1, 0.15) is 17.1 Å². The number of rotatable bonds is 7. The lowest BCUT2D eigenvalue weighted by molar-refractivity contribution is -0.112. The first kappa shape index (κ1) is 26.1. The molecule has 0 atom stereocenters. The van der Waals surface area contributed by atoms with Crippen LogP contribution in [0, 0.1) is 0 Å². The smallest absolute Gasteiger partial charge is 0.339 e. The highest BCUT2D eigenvalue weighted by atomic mass is 16.5. The third-order valence-corrected chi connectivity index (χ3v) is 6.53. The molecule has 0 spiro atoms. The number of carbonyl (C=O) groups excluding carboxylic acids is 4. The Bertz CT molecular complexity index is 1750. The number of hydrogen-bond acceptors (Lipinski definition) is 8. The van der Waals surface area contributed by atoms with Crippen LogP contribution in [-0.4, -0.2) is 49.3 Å². The van der Waals surface area contributed by atoms with E-state index in [1.807, 2.05) is 0 Å². The maximum absolute atomic E-state index is 14.1. The van der Waals surface area contributed by atoms with Crippen LogP contribution in [0.15, 0.2) is 77.6 Å². The van der Waals surface area contributed by atoms with Gasteiger partial charge >= 0.3 is 5.97 Å². The van der Waals surface area contributed by atoms with Crippen molar-refractivity contribution in [2.24, 2.45) is 0 Å². The second-order valence-electron chi connectivity index (χ2n) is 8.69. The minimum atomic E-state index is -1.31. The predicted octanol–water partition coefficient (Wildman–Crippen LogP) is 3.67. The Morgan fingerprint density at radius 1 is 0.725 bits per heavy atom. The highest BCUT2D eigenvalue weighted by Gasteiger charge is 2.40. The summed E-state index contributed by atoms with van der Waals surface area (Å²) in [4.78, 5) is 67.6. The van der Waals surface area contributed by atoms with Crippen LogP contribution in [-0.2, 0) is 9.53 Å². The fourth-order valence-corrected chi connectivity index (χ4v) is 4.64. The van der Waals surface area contributed by atoms with Crippen LogP contribution in [0.4, 0.5) is 5.69 Å². The summed E-state index contributed by atoms with van der Waals surface area (Å²) in [6.07, 6.45) is 0. The Hall–Kier alpha value is -5.51. The van der Waals surface area contributed by atoms with Gasteiger partial charge in [-0.05, 0) is 48.5 Å². The Morgan fingerprint density at radius 2 is 1.30 bits per heavy atom. The molecule has 0 bridgehead atoms. The molecular weight excluding hydrogens is 516 g/mol. The molecule has 3 aromatic carbocycles. The molecule has 10 heteroatoms. The number of esters is 1. The van der Waals surface area contributed by atoms with Gasteiger partial charge in [0.25, 0.3) is 17.2 Å². The van der Waals surface area contributed by atoms with Gasteiger partial charge in [0.15, 0.2) is 5.78 Å². The number of fused-ring (bicyclic) bond motifs is 3. The van der Waals surface area contributed by atoms with Crippen molar-refractivity contribution in [1.82, 2.24) is 4.57 Å². The molecule has 4 aromatic rings. The number of ketones is 2. The predicted molar refractivity (Wildman–Crippen MR) is 145 cm³/mol. The summed E-state index contributed by atoms with van der Waals surface area (Å²) in [5.74, 6) is -3.15. The first-order valence-electron chi connectivity index (χ1n) is 12.0. The van der Waals surface area contributed by atoms with E-state index in [0.29, 0.717) is 17.1 Å². The average molecular weight is 539 g/mol. The number of Topliss-reactive ketones (excluding diaryl/α,β-unsaturated/α-hetero) is 1. The van der Waals surface area contributed by atoms with Gasteiger partial charge in [0.2, 0.25) is 0 Å². The molecule has 10 nitrogen and oxygen atoms in total. The van der Waals surface area contributed by atoms with Crippen LogP contribution in [0.25, 0.3) is 16.9 Å². The van der Waals surface area contributed by atoms with Gasteiger partial charge in [-0.1, -0.05) is 24.3 Å². The third-order valence-electron chi connectivity index (χ3n) is 6.53. The van der Waals surface area contributed by atoms with Crippen LogP contribution in [0.1, 0.15) is 36.6 Å². The minimum Gasteiger partial charge on any atom is -0.497 e. The molecule has 0 radical (unpaired) electrons. The van der Waals surface area contributed by atoms with Crippen molar-refractivity contribution in [3.63, 3.8) is 0 Å². The summed E-state index contributed by atoms with van der Waals surface area (Å²) in [5.41, 5.74) is -1.25. The van der Waals surface area contributed by atoms with Crippen molar-refractivity contribution in [1.29, 1.82) is 0 Å². The van der Waals surface area contributed by atoms with E-state index in [9.17, 15) is 24.0 Å². The lowest BCUT2D eigenvalue weighted by Crippen LogP contribution is -2.36. The maximum atomic E-state index is 14.1. The van der Waals surface area contributed by atoms with Gasteiger partial charge in [-0.2, -0.15) is 0 Å². The lowest BCUT2D eigenvalue weighted by Gasteiger charge is -2.18. The number of benzene rings is 3. The fraction of sp³-hybridized carbons (Fsp3) is 0.100. The molecule has 0 saturated heterocycles. The molecule has 1 aromatic heterocycles. The Labute approximate surface area is 227 Å². The van der Waals surface area contributed by atoms with Crippen LogP contribution in [0.3, 0.4) is 0 Å². The standard InChI is InChI=1S/C30H22N2O8/c1-38-18-12-8-16(9-13-18)31-28(35)27(34)24-22(30(37)40-3)23-25(20-6-4-5-7-21(20)26(23)33)32(29(24)36)17-10-14-19(39-2)15-11-17/h4-15H,1-3H3,(H,31,35). The van der Waals surface area contributed by atoms with E-state index in [0.717, 1.165) is 11.7 Å². The summed E-state index contributed by atoms with van der Waals surface area (Å²) in [5, 5.41) is 2.43. The first-order valence-corrected chi connectivity index (χ1v) is 12.0. The zero-order chi connectivity index (χ0) is 28.6. The van der Waals surface area contributed by atoms with Crippen molar-refractivity contribution in [2.45, 2.75) is 0 Å². The second-order valence-corrected chi connectivity index (χ2v) is 8.69. The molecule has 1 aliphatic carbocycles. The maximum Gasteiger partial charge on any atom is 0.339 e. The van der Waals surface area contributed by atoms with E-state index in [2.05, 4.69) is 5.32 Å². The van der Waals surface area contributed by atoms with E-state index in [1.165, 1.54) is 26.4 Å². The Morgan fingerprint density at radius 3 is 1.88 bits per heavy atom. The molecule has 1 heterocycles. The van der Waals surface area contributed by atoms with E-state index in [4.69, 9.17) is 14.2 Å². The number of nitrogens with one attached hydrogen (secondary N) is 1. The zero-order valence-electron chi connectivity index (χ0n) is 21.6. The molecule has 200 valence electrons. The van der Waals surface area contributed by atoms with Gasteiger partial charge in [-0.25, -0.2) is 4.79 Å². The number of pyridine rings is 1. The van der Waals surface area contributed by atoms with Gasteiger partial charge < -0.3 is 19.5 Å². The van der Waals surface area contributed by atoms with Gasteiger partial charge in [-0.3, -0.25) is 23.7 Å². The molecule has 0 saturated carbocycles. The van der Waals surface area contributed by atoms with E-state index >= 15 is 0 Å². The lowest BCUT2D eigenvalue weighted by atomic mass is 9.96. The van der Waals surface area contributed by atoms with Crippen molar-refractivity contribution >= 4 is 29.1 Å². The van der Waals surface area contributed by atoms with Crippen molar-refractivity contribution in [3.05, 3.63) is 105 Å². The van der Waals surface area contributed by atoms with Crippen molar-refractivity contribution < 1.29 is 33.4 Å². The number of amides is 1. The summed E-state index contributed by atoms with van der Waals surface area (Å²) < 4.78 is 16.4. The summed E-state index contributed by atoms with van der Waals surface area (Å²) >= 11 is 0. The zero-order valence-corrected chi connectivity index (χ0v) is 21.6. The number of carbonyl (C=O) groups is 4. The van der Waals surface area contributed by atoms with Crippen molar-refractivity contribution in [3.8, 4) is 28.4 Å². The van der Waals surface area contributed by atoms with Gasteiger partial charge in [-0.15, -0.1) is 0 Å². The molecule has 0 fully saturated rings. The number of aromatic nitrogens is 1. The van der Waals surface area contributed by atoms with E-state index in [1.54, 1.807) is 60.7 Å². The molecule has 1 amide bonds. The largest absolute Gasteiger partial charge is 0.497 e. The third kappa shape index (κ3) is 4.21. The highest BCUT2D eigenvalue weighted by Crippen LogP contribution is 2.40. The molecular formula is C30H22N2O8. The first-order chi connectivity index (χ1) is 19.3. The molecule has 1 N–H and O–H groups in total. The number of hydrogen-bond donors (Lipinski definition) is 1. The summed E-state index contributed by atoms with van der Waals surface area (Å²) in [6, 6.07) is 19.0. The topological polar surface area (TPSA) is 130 Å². The van der Waals surface area contributed by atoms with Crippen molar-refractivity contribution in [2.75, 3.05) is 26.6 Å². The summed E-state index contributed by atoms with van der Waals surface area (Å²) in [7, 11) is 4.02. The highest BCUT2D eigenvalue weighted by molar-refractivity contribution is 6.48. The SMILES string of the molecule is COC(=O)c1c2c(n(-c3ccc(OC)cc3)c(=O)c1C(=O)C(=O)Nc1ccc(OC)cc1)-c1ccccc1C2=O. The monoisotopic (exact) mass is 538 g/mol. The molecule has 40 heavy (non-hydrogen) atoms. The Balaban J connectivity index is 1.77. The number of anilines is 1. The summed E-state index contributed by atoms with van der Waals surface area (Å²) in [6.45, 7) is 0. The quantitative estimate of drug-likeness (QED) is 0.189. The van der Waals surface area contributed by atoms with E-state index < -0.39 is 40.1 Å². The molecule has 0 aliphatic heterocycles. The normalized spacial score (nSPS) is 11.3. The number of nitrogens with zero attached hydrogens (tertiary/aromatic N) is 1. The number of ether oxygens (including phenoxy) is 3. The van der Waals surface area contributed by atoms with Crippen LogP contribution in [0.2, 0.25) is 0 Å². The average Bonchev–Trinajstić information content (AvgIpc) is 3.28. The number of methoxy groups -OCH3 is 3.